The van der Waals surface area contributed by atoms with Crippen LogP contribution in [0.4, 0.5) is 29.8 Å². The van der Waals surface area contributed by atoms with Gasteiger partial charge in [-0.25, -0.2) is 9.78 Å². The molecule has 1 amide bonds. The van der Waals surface area contributed by atoms with E-state index in [4.69, 9.17) is 9.15 Å². The third-order valence-electron chi connectivity index (χ3n) is 6.48. The van der Waals surface area contributed by atoms with Crippen LogP contribution in [0.1, 0.15) is 74.7 Å². The van der Waals surface area contributed by atoms with Crippen LogP contribution in [0.25, 0.3) is 0 Å². The van der Waals surface area contributed by atoms with Gasteiger partial charge in [0.2, 0.25) is 11.5 Å². The third kappa shape index (κ3) is 7.16. The molecule has 0 atom stereocenters. The summed E-state index contributed by atoms with van der Waals surface area (Å²) in [5.74, 6) is -0.863. The first kappa shape index (κ1) is 27.7. The Kier molecular flexibility index (Phi) is 8.17. The van der Waals surface area contributed by atoms with Crippen LogP contribution in [-0.2, 0) is 17.3 Å². The molecule has 0 unspecified atom stereocenters. The second kappa shape index (κ2) is 11.2. The molecule has 0 radical (unpaired) electrons. The molecule has 4 heterocycles. The summed E-state index contributed by atoms with van der Waals surface area (Å²) in [6.45, 7) is 7.86. The van der Waals surface area contributed by atoms with E-state index in [1.165, 1.54) is 6.20 Å². The van der Waals surface area contributed by atoms with Crippen molar-refractivity contribution in [2.45, 2.75) is 77.1 Å². The van der Waals surface area contributed by atoms with Crippen molar-refractivity contribution in [1.29, 1.82) is 0 Å². The molecule has 0 aromatic carbocycles. The summed E-state index contributed by atoms with van der Waals surface area (Å²) >= 11 is 0. The number of pyridine rings is 1. The number of halogens is 3. The number of alkyl halides is 3. The molecule has 0 spiro atoms. The largest absolute Gasteiger partial charge is 0.444 e. The number of aromatic nitrogens is 2. The Morgan fingerprint density at radius 2 is 1.74 bits per heavy atom. The zero-order chi connectivity index (χ0) is 27.5. The van der Waals surface area contributed by atoms with Gasteiger partial charge in [0.05, 0.1) is 0 Å². The minimum absolute atomic E-state index is 0.00226. The van der Waals surface area contributed by atoms with E-state index in [9.17, 15) is 22.8 Å². The number of ether oxygens (including phenoxy) is 1. The van der Waals surface area contributed by atoms with Crippen molar-refractivity contribution in [2.24, 2.45) is 0 Å². The maximum Gasteiger partial charge on any atom is 0.437 e. The van der Waals surface area contributed by atoms with E-state index in [1.54, 1.807) is 17.0 Å². The number of alkyl carbamates (subject to hydrolysis) is 1. The Hall–Kier alpha value is -3.31. The van der Waals surface area contributed by atoms with Crippen LogP contribution in [0.5, 0.6) is 0 Å². The molecule has 38 heavy (non-hydrogen) atoms. The highest BCUT2D eigenvalue weighted by atomic mass is 19.4. The molecule has 2 saturated heterocycles. The fourth-order valence-electron chi connectivity index (χ4n) is 4.61. The quantitative estimate of drug-likeness (QED) is 0.514. The Morgan fingerprint density at radius 1 is 1.05 bits per heavy atom. The number of piperidine rings is 2. The number of hydrogen-bond acceptors (Lipinski definition) is 8. The molecule has 0 bridgehead atoms. The lowest BCUT2D eigenvalue weighted by atomic mass is 10.0. The van der Waals surface area contributed by atoms with Gasteiger partial charge in [-0.3, -0.25) is 4.79 Å². The van der Waals surface area contributed by atoms with Gasteiger partial charge < -0.3 is 24.3 Å². The second-order valence-corrected chi connectivity index (χ2v) is 10.8. The summed E-state index contributed by atoms with van der Waals surface area (Å²) in [7, 11) is 0. The van der Waals surface area contributed by atoms with E-state index in [1.807, 2.05) is 20.8 Å². The van der Waals surface area contributed by atoms with Crippen molar-refractivity contribution in [3.05, 3.63) is 35.3 Å². The predicted octanol–water partition coefficient (Wildman–Crippen LogP) is 5.00. The molecule has 2 aliphatic rings. The molecular formula is C26H34F3N5O4. The Labute approximate surface area is 219 Å². The number of nitrogens with zero attached hydrogens (tertiary/aromatic N) is 4. The molecule has 2 aliphatic heterocycles. The summed E-state index contributed by atoms with van der Waals surface area (Å²) in [6, 6.07) is 3.27. The average molecular weight is 538 g/mol. The number of rotatable bonds is 6. The van der Waals surface area contributed by atoms with Crippen LogP contribution >= 0.6 is 0 Å². The van der Waals surface area contributed by atoms with Crippen LogP contribution < -0.4 is 15.1 Å². The minimum atomic E-state index is -4.80. The molecule has 1 N–H and O–H groups in total. The third-order valence-corrected chi connectivity index (χ3v) is 6.48. The number of carbonyl (C=O) groups excluding carboxylic acids is 2. The van der Waals surface area contributed by atoms with E-state index in [0.717, 1.165) is 19.3 Å². The van der Waals surface area contributed by atoms with E-state index >= 15 is 0 Å². The van der Waals surface area contributed by atoms with E-state index in [-0.39, 0.29) is 18.5 Å². The van der Waals surface area contributed by atoms with Gasteiger partial charge in [-0.2, -0.15) is 18.2 Å². The number of ketones is 1. The van der Waals surface area contributed by atoms with Gasteiger partial charge in [0.25, 0.3) is 6.01 Å². The number of nitrogens with one attached hydrogen (secondary N) is 1. The highest BCUT2D eigenvalue weighted by Crippen LogP contribution is 2.35. The molecule has 12 heteroatoms. The van der Waals surface area contributed by atoms with Crippen LogP contribution in [-0.4, -0.2) is 59.7 Å². The molecule has 2 fully saturated rings. The van der Waals surface area contributed by atoms with Gasteiger partial charge in [-0.1, -0.05) is 6.07 Å². The van der Waals surface area contributed by atoms with E-state index in [2.05, 4.69) is 20.2 Å². The SMILES string of the molecule is CC(C)(C)OC(=O)NC1CCN(c2ccc(CC(=O)c3oc(N4CCCCC4)nc3C(F)(F)F)cn2)CC1. The van der Waals surface area contributed by atoms with Crippen LogP contribution in [0.3, 0.4) is 0 Å². The Morgan fingerprint density at radius 3 is 2.32 bits per heavy atom. The number of carbonyl (C=O) groups is 2. The molecule has 208 valence electrons. The zero-order valence-electron chi connectivity index (χ0n) is 21.9. The fraction of sp³-hybridized carbons (Fsp3) is 0.615. The van der Waals surface area contributed by atoms with Crippen molar-refractivity contribution < 1.29 is 31.9 Å². The smallest absolute Gasteiger partial charge is 0.437 e. The monoisotopic (exact) mass is 537 g/mol. The second-order valence-electron chi connectivity index (χ2n) is 10.8. The first-order valence-electron chi connectivity index (χ1n) is 12.9. The molecule has 2 aromatic heterocycles. The van der Waals surface area contributed by atoms with E-state index in [0.29, 0.717) is 50.4 Å². The first-order valence-corrected chi connectivity index (χ1v) is 12.9. The Bertz CT molecular complexity index is 1110. The highest BCUT2D eigenvalue weighted by molar-refractivity contribution is 5.96. The predicted molar refractivity (Wildman–Crippen MR) is 134 cm³/mol. The van der Waals surface area contributed by atoms with Gasteiger partial charge in [-0.15, -0.1) is 0 Å². The number of Topliss-reactive ketones (excluding diaryl/α,β-unsaturated/α-hetero) is 1. The van der Waals surface area contributed by atoms with Crippen LogP contribution in [0.15, 0.2) is 22.7 Å². The van der Waals surface area contributed by atoms with Crippen LogP contribution in [0.2, 0.25) is 0 Å². The van der Waals surface area contributed by atoms with E-state index < -0.39 is 35.1 Å². The lowest BCUT2D eigenvalue weighted by molar-refractivity contribution is -0.141. The number of oxazole rings is 1. The lowest BCUT2D eigenvalue weighted by Crippen LogP contribution is -2.46. The summed E-state index contributed by atoms with van der Waals surface area (Å²) in [4.78, 5) is 36.6. The number of anilines is 2. The minimum Gasteiger partial charge on any atom is -0.444 e. The average Bonchev–Trinajstić information content (AvgIpc) is 3.31. The van der Waals surface area contributed by atoms with Gasteiger partial charge in [0.1, 0.15) is 11.4 Å². The summed E-state index contributed by atoms with van der Waals surface area (Å²) in [5, 5.41) is 2.89. The van der Waals surface area contributed by atoms with Gasteiger partial charge >= 0.3 is 12.3 Å². The topological polar surface area (TPSA) is 101 Å². The normalized spacial score (nSPS) is 17.4. The van der Waals surface area contributed by atoms with Crippen molar-refractivity contribution in [3.63, 3.8) is 0 Å². The maximum atomic E-state index is 13.6. The summed E-state index contributed by atoms with van der Waals surface area (Å²) in [6.07, 6.45) is 0.0744. The summed E-state index contributed by atoms with van der Waals surface area (Å²) < 4.78 is 51.5. The molecular weight excluding hydrogens is 503 g/mol. The highest BCUT2D eigenvalue weighted by Gasteiger charge is 2.41. The number of amides is 1. The molecule has 9 nitrogen and oxygen atoms in total. The molecule has 0 saturated carbocycles. The Balaban J connectivity index is 1.35. The van der Waals surface area contributed by atoms with Crippen molar-refractivity contribution >= 4 is 23.7 Å². The number of hydrogen-bond donors (Lipinski definition) is 1. The summed E-state index contributed by atoms with van der Waals surface area (Å²) in [5.41, 5.74) is -1.37. The maximum absolute atomic E-state index is 13.6. The first-order chi connectivity index (χ1) is 17.9. The fourth-order valence-corrected chi connectivity index (χ4v) is 4.61. The molecule has 4 rings (SSSR count). The van der Waals surface area contributed by atoms with Crippen molar-refractivity contribution in [3.8, 4) is 0 Å². The van der Waals surface area contributed by atoms with Gasteiger partial charge in [0, 0.05) is 44.8 Å². The van der Waals surface area contributed by atoms with Gasteiger partial charge in [0.15, 0.2) is 5.69 Å². The molecule has 2 aromatic rings. The van der Waals surface area contributed by atoms with Gasteiger partial charge in [-0.05, 0) is 64.5 Å². The van der Waals surface area contributed by atoms with Crippen LogP contribution in [0, 0.1) is 0 Å². The lowest BCUT2D eigenvalue weighted by Gasteiger charge is -2.33. The molecule has 0 aliphatic carbocycles. The van der Waals surface area contributed by atoms with Crippen molar-refractivity contribution in [2.75, 3.05) is 36.0 Å². The van der Waals surface area contributed by atoms with Crippen molar-refractivity contribution in [1.82, 2.24) is 15.3 Å². The standard InChI is InChI=1S/C26H34F3N5O4/c1-25(2,3)38-24(36)31-18-9-13-33(14-10-18)20-8-7-17(16-30-20)15-19(35)21-22(26(27,28)29)32-23(37-21)34-11-5-4-6-12-34/h7-8,16,18H,4-6,9-15H2,1-3H3,(H,31,36). The zero-order valence-corrected chi connectivity index (χ0v) is 21.9.